The van der Waals surface area contributed by atoms with Crippen LogP contribution in [0.4, 0.5) is 0 Å². The Morgan fingerprint density at radius 2 is 0.938 bits per heavy atom. The third-order valence-electron chi connectivity index (χ3n) is 3.61. The van der Waals surface area contributed by atoms with Crippen LogP contribution >= 0.6 is 0 Å². The fourth-order valence-electron chi connectivity index (χ4n) is 2.46. The van der Waals surface area contributed by atoms with Crippen LogP contribution in [0.5, 0.6) is 0 Å². The molecular weight excluding hydrogens is 559 g/mol. The molecule has 4 rings (SSSR count). The first-order valence-corrected chi connectivity index (χ1v) is 13.3. The molecular formula is C29H36HfO2. The molecule has 0 amide bonds. The fraction of sp³-hybridized carbons (Fsp3) is 0.276. The van der Waals surface area contributed by atoms with Crippen molar-refractivity contribution in [1.29, 1.82) is 0 Å². The molecule has 0 aromatic heterocycles. The van der Waals surface area contributed by atoms with Gasteiger partial charge in [-0.2, -0.15) is 23.3 Å². The van der Waals surface area contributed by atoms with E-state index in [2.05, 4.69) is 89.2 Å². The van der Waals surface area contributed by atoms with Gasteiger partial charge in [0.1, 0.15) is 0 Å². The van der Waals surface area contributed by atoms with E-state index in [1.807, 2.05) is 12.1 Å². The van der Waals surface area contributed by atoms with Gasteiger partial charge in [0.15, 0.2) is 0 Å². The fourth-order valence-corrected chi connectivity index (χ4v) is 2.46. The van der Waals surface area contributed by atoms with Crippen LogP contribution in [-0.2, 0) is 23.9 Å². The van der Waals surface area contributed by atoms with Gasteiger partial charge in [-0.05, 0) is 27.7 Å². The number of hydrogen-bond acceptors (Lipinski definition) is 2. The predicted molar refractivity (Wildman–Crippen MR) is 136 cm³/mol. The van der Waals surface area contributed by atoms with Gasteiger partial charge in [-0.15, -0.1) is 24.0 Å². The van der Waals surface area contributed by atoms with Crippen LogP contribution in [0.3, 0.4) is 0 Å². The minimum atomic E-state index is -0.167. The number of allylic oxidation sites excluding steroid dienone is 8. The van der Waals surface area contributed by atoms with Crippen molar-refractivity contribution in [2.45, 2.75) is 52.7 Å². The molecule has 168 valence electrons. The van der Waals surface area contributed by atoms with Crippen molar-refractivity contribution >= 4 is 15.4 Å². The number of aliphatic hydroxyl groups is 2. The molecule has 0 saturated heterocycles. The van der Waals surface area contributed by atoms with Crippen LogP contribution in [-0.4, -0.2) is 26.7 Å². The van der Waals surface area contributed by atoms with Crippen LogP contribution in [0.2, 0.25) is 0 Å². The molecule has 3 heteroatoms. The van der Waals surface area contributed by atoms with Crippen molar-refractivity contribution in [1.82, 2.24) is 0 Å². The Labute approximate surface area is 209 Å². The summed E-state index contributed by atoms with van der Waals surface area (Å²) in [4.78, 5) is 0. The van der Waals surface area contributed by atoms with E-state index < -0.39 is 0 Å². The van der Waals surface area contributed by atoms with Crippen LogP contribution in [0.1, 0.15) is 51.7 Å². The van der Waals surface area contributed by atoms with Gasteiger partial charge >= 0.3 is 28.2 Å². The molecule has 0 atom stereocenters. The summed E-state index contributed by atoms with van der Waals surface area (Å²) >= 11 is 1.06. The molecule has 32 heavy (non-hydrogen) atoms. The Kier molecular flexibility index (Phi) is 18.5. The first kappa shape index (κ1) is 30.1. The van der Waals surface area contributed by atoms with E-state index in [0.717, 1.165) is 36.7 Å². The second-order valence-electron chi connectivity index (χ2n) is 7.34. The minimum absolute atomic E-state index is 0.167. The third kappa shape index (κ3) is 15.8. The molecule has 0 saturated carbocycles. The number of hydrogen-bond donors (Lipinski definition) is 2. The summed E-state index contributed by atoms with van der Waals surface area (Å²) in [7, 11) is 0. The Morgan fingerprint density at radius 1 is 0.656 bits per heavy atom. The quantitative estimate of drug-likeness (QED) is 0.312. The summed E-state index contributed by atoms with van der Waals surface area (Å²) in [6.07, 6.45) is 16.4. The normalized spacial score (nSPS) is 12.8. The maximum absolute atomic E-state index is 8.06. The van der Waals surface area contributed by atoms with Gasteiger partial charge in [-0.25, -0.2) is 12.2 Å². The van der Waals surface area contributed by atoms with Gasteiger partial charge in [0, 0.05) is 12.2 Å². The van der Waals surface area contributed by atoms with E-state index in [-0.39, 0.29) is 12.2 Å². The molecule has 0 bridgehead atoms. The summed E-state index contributed by atoms with van der Waals surface area (Å²) in [6, 6.07) is 20.8. The summed E-state index contributed by atoms with van der Waals surface area (Å²) in [5.41, 5.74) is 5.17. The molecule has 2 aromatic carbocycles. The standard InChI is InChI=1S/2C11H9.2C3H8O.CH2.Hf/c2*1-2-6-10(7-3-1)11-8-4-5-9-11;2*1-3(2)4;;/h2*1-3,6-9H,4H2;2*3-4H,1-2H3;1H2;/q2*-1;;;;+2. The van der Waals surface area contributed by atoms with Gasteiger partial charge in [0.05, 0.1) is 0 Å². The molecule has 0 heterocycles. The van der Waals surface area contributed by atoms with Gasteiger partial charge in [-0.3, -0.25) is 12.2 Å². The van der Waals surface area contributed by atoms with Crippen molar-refractivity contribution in [2.75, 3.05) is 0 Å². The van der Waals surface area contributed by atoms with Gasteiger partial charge < -0.3 is 10.2 Å². The molecule has 0 spiro atoms. The summed E-state index contributed by atoms with van der Waals surface area (Å²) in [5, 5.41) is 16.1. The Morgan fingerprint density at radius 3 is 1.16 bits per heavy atom. The number of aliphatic hydroxyl groups excluding tert-OH is 2. The number of benzene rings is 2. The average Bonchev–Trinajstić information content (AvgIpc) is 3.51. The Bertz CT molecular complexity index is 755. The van der Waals surface area contributed by atoms with Crippen molar-refractivity contribution in [3.8, 4) is 0 Å². The summed E-state index contributed by atoms with van der Waals surface area (Å²) in [6.45, 7) is 6.89. The van der Waals surface area contributed by atoms with Gasteiger partial charge in [0.25, 0.3) is 0 Å². The second kappa shape index (κ2) is 19.7. The molecule has 0 fully saturated rings. The van der Waals surface area contributed by atoms with Crippen molar-refractivity contribution in [3.63, 3.8) is 0 Å². The number of rotatable bonds is 2. The SMILES string of the molecule is CC(C)O.CC(C)O.[C-]1=CC(c2ccccc2)=CC1.[C-]1=CC(c2ccccc2)=CC1.[CH2]=[Hf+2]. The van der Waals surface area contributed by atoms with Crippen molar-refractivity contribution in [3.05, 3.63) is 108 Å². The zero-order chi connectivity index (χ0) is 24.2. The second-order valence-corrected chi connectivity index (χ2v) is 7.34. The molecule has 2 aliphatic rings. The van der Waals surface area contributed by atoms with Crippen molar-refractivity contribution < 1.29 is 34.1 Å². The Balaban J connectivity index is 0.000000431. The Hall–Kier alpha value is -1.94. The average molecular weight is 595 g/mol. The molecule has 0 unspecified atom stereocenters. The zero-order valence-corrected chi connectivity index (χ0v) is 23.3. The first-order valence-electron chi connectivity index (χ1n) is 10.8. The summed E-state index contributed by atoms with van der Waals surface area (Å²) < 4.78 is 3.39. The predicted octanol–water partition coefficient (Wildman–Crippen LogP) is 6.41. The van der Waals surface area contributed by atoms with Crippen molar-refractivity contribution in [2.24, 2.45) is 0 Å². The monoisotopic (exact) mass is 596 g/mol. The van der Waals surface area contributed by atoms with E-state index in [4.69, 9.17) is 10.2 Å². The zero-order valence-electron chi connectivity index (χ0n) is 19.8. The summed E-state index contributed by atoms with van der Waals surface area (Å²) in [5.74, 6) is 0. The van der Waals surface area contributed by atoms with E-state index in [1.165, 1.54) is 22.3 Å². The van der Waals surface area contributed by atoms with Crippen LogP contribution < -0.4 is 0 Å². The van der Waals surface area contributed by atoms with Gasteiger partial charge in [0.2, 0.25) is 0 Å². The molecule has 0 radical (unpaired) electrons. The van der Waals surface area contributed by atoms with E-state index in [1.54, 1.807) is 27.7 Å². The van der Waals surface area contributed by atoms with Crippen LogP contribution in [0.15, 0.2) is 85.0 Å². The van der Waals surface area contributed by atoms with Crippen LogP contribution in [0, 0.1) is 12.2 Å². The molecule has 0 aliphatic heterocycles. The van der Waals surface area contributed by atoms with Crippen LogP contribution in [0.25, 0.3) is 11.1 Å². The topological polar surface area (TPSA) is 40.5 Å². The third-order valence-corrected chi connectivity index (χ3v) is 3.61. The first-order chi connectivity index (χ1) is 15.4. The molecule has 2 N–H and O–H groups in total. The van der Waals surface area contributed by atoms with E-state index in [0.29, 0.717) is 0 Å². The van der Waals surface area contributed by atoms with Gasteiger partial charge in [-0.1, -0.05) is 60.7 Å². The molecule has 2 nitrogen and oxygen atoms in total. The van der Waals surface area contributed by atoms with E-state index in [9.17, 15) is 0 Å². The molecule has 2 aliphatic carbocycles. The maximum atomic E-state index is 8.06. The molecule has 2 aromatic rings. The van der Waals surface area contributed by atoms with E-state index >= 15 is 0 Å².